The van der Waals surface area contributed by atoms with Crippen LogP contribution in [0, 0.1) is 6.92 Å². The van der Waals surface area contributed by atoms with E-state index in [1.807, 2.05) is 19.1 Å². The molecule has 1 unspecified atom stereocenters. The number of esters is 2. The van der Waals surface area contributed by atoms with Crippen LogP contribution < -0.4 is 19.7 Å². The number of fused-ring (bicyclic) bond motifs is 2. The van der Waals surface area contributed by atoms with Crippen LogP contribution in [-0.4, -0.2) is 43.0 Å². The van der Waals surface area contributed by atoms with Gasteiger partial charge in [-0.15, -0.1) is 0 Å². The Labute approximate surface area is 228 Å². The monoisotopic (exact) mass is 558 g/mol. The largest absolute Gasteiger partial charge is 0.507 e. The number of hydrogen-bond acceptors (Lipinski definition) is 9. The number of carbonyl (C=O) groups is 2. The Morgan fingerprint density at radius 3 is 2.77 bits per heavy atom. The summed E-state index contributed by atoms with van der Waals surface area (Å²) in [7, 11) is -2.15. The van der Waals surface area contributed by atoms with Gasteiger partial charge in [0.05, 0.1) is 19.9 Å². The summed E-state index contributed by atoms with van der Waals surface area (Å²) in [4.78, 5) is 24.5. The zero-order chi connectivity index (χ0) is 28.3. The molecule has 0 fully saturated rings. The van der Waals surface area contributed by atoms with Crippen LogP contribution in [0.15, 0.2) is 29.8 Å². The number of benzene rings is 2. The summed E-state index contributed by atoms with van der Waals surface area (Å²) >= 11 is 0. The summed E-state index contributed by atoms with van der Waals surface area (Å²) in [6, 6.07) is 4.69. The molecule has 3 N–H and O–H groups in total. The van der Waals surface area contributed by atoms with Crippen LogP contribution in [-0.2, 0) is 45.0 Å². The lowest BCUT2D eigenvalue weighted by Crippen LogP contribution is -2.35. The van der Waals surface area contributed by atoms with Crippen molar-refractivity contribution in [2.75, 3.05) is 19.9 Å². The molecule has 0 amide bonds. The normalized spacial score (nSPS) is 16.6. The summed E-state index contributed by atoms with van der Waals surface area (Å²) in [5.74, 6) is -0.386. The fourth-order valence-corrected chi connectivity index (χ4v) is 7.06. The van der Waals surface area contributed by atoms with Crippen molar-refractivity contribution in [3.63, 3.8) is 0 Å². The molecule has 10 nitrogen and oxygen atoms in total. The second-order valence-corrected chi connectivity index (χ2v) is 11.8. The fourth-order valence-electron chi connectivity index (χ4n) is 4.91. The first kappa shape index (κ1) is 28.7. The average molecular weight is 559 g/mol. The van der Waals surface area contributed by atoms with E-state index in [4.69, 9.17) is 18.7 Å². The standard InChI is InChI=1S/C28H35N2O8P/c1-6-36-27(32)18(4)30-39(34,38-21-9-8-19-12-29-13-20(19)11-21)15-16(2)7-10-22-25(31)24-23(14-37-28(24)33)17(3)26(22)35-5/h7-9,11,18,29,31H,6,10,12-15H2,1-5H3,(H,30,34)/t18-,39?/m0/s1. The fraction of sp³-hybridized carbons (Fsp3) is 0.429. The number of hydrogen-bond donors (Lipinski definition) is 3. The minimum absolute atomic E-state index is 0.0128. The number of cyclic esters (lactones) is 1. The van der Waals surface area contributed by atoms with Crippen molar-refractivity contribution in [3.8, 4) is 17.2 Å². The first-order valence-electron chi connectivity index (χ1n) is 12.9. The van der Waals surface area contributed by atoms with Gasteiger partial charge in [0.1, 0.15) is 35.5 Å². The van der Waals surface area contributed by atoms with Crippen molar-refractivity contribution in [1.82, 2.24) is 10.4 Å². The van der Waals surface area contributed by atoms with Gasteiger partial charge in [-0.1, -0.05) is 17.7 Å². The third-order valence-electron chi connectivity index (χ3n) is 6.85. The van der Waals surface area contributed by atoms with Gasteiger partial charge in [0.15, 0.2) is 0 Å². The number of phenolic OH excluding ortho intramolecular Hbond substituents is 1. The Hall–Kier alpha value is -3.33. The molecule has 0 saturated carbocycles. The SMILES string of the molecule is CCOC(=O)[C@H](C)NP(=O)(CC(C)=CCc1c(O)c2c(c(C)c1OC)COC2=O)Oc1ccc2c(c1)CNC2. The molecular weight excluding hydrogens is 523 g/mol. The van der Waals surface area contributed by atoms with Crippen molar-refractivity contribution in [3.05, 3.63) is 63.2 Å². The average Bonchev–Trinajstić information content (AvgIpc) is 3.51. The zero-order valence-electron chi connectivity index (χ0n) is 22.9. The van der Waals surface area contributed by atoms with E-state index in [2.05, 4.69) is 10.4 Å². The van der Waals surface area contributed by atoms with Gasteiger partial charge in [0.2, 0.25) is 0 Å². The highest BCUT2D eigenvalue weighted by Crippen LogP contribution is 2.46. The molecule has 0 radical (unpaired) electrons. The maximum atomic E-state index is 14.1. The topological polar surface area (TPSA) is 132 Å². The molecule has 0 spiro atoms. The molecule has 4 rings (SSSR count). The molecule has 11 heteroatoms. The Bertz CT molecular complexity index is 1370. The van der Waals surface area contributed by atoms with Crippen molar-refractivity contribution < 1.29 is 38.0 Å². The highest BCUT2D eigenvalue weighted by molar-refractivity contribution is 7.57. The van der Waals surface area contributed by atoms with Gasteiger partial charge in [-0.25, -0.2) is 9.88 Å². The van der Waals surface area contributed by atoms with E-state index in [0.717, 1.165) is 23.2 Å². The highest BCUT2D eigenvalue weighted by Gasteiger charge is 2.33. The van der Waals surface area contributed by atoms with E-state index in [-0.39, 0.29) is 37.1 Å². The molecule has 2 aliphatic rings. The van der Waals surface area contributed by atoms with Gasteiger partial charge in [0.25, 0.3) is 0 Å². The first-order valence-corrected chi connectivity index (χ1v) is 14.7. The summed E-state index contributed by atoms with van der Waals surface area (Å²) in [6.07, 6.45) is 1.99. The van der Waals surface area contributed by atoms with Crippen LogP contribution >= 0.6 is 7.52 Å². The molecule has 0 saturated heterocycles. The Kier molecular flexibility index (Phi) is 8.69. The number of methoxy groups -OCH3 is 1. The number of carbonyl (C=O) groups excluding carboxylic acids is 2. The van der Waals surface area contributed by atoms with E-state index >= 15 is 0 Å². The zero-order valence-corrected chi connectivity index (χ0v) is 23.8. The van der Waals surface area contributed by atoms with Crippen LogP contribution in [0.3, 0.4) is 0 Å². The van der Waals surface area contributed by atoms with Gasteiger partial charge in [-0.2, -0.15) is 0 Å². The van der Waals surface area contributed by atoms with Gasteiger partial charge in [-0.05, 0) is 62.9 Å². The third kappa shape index (κ3) is 6.13. The van der Waals surface area contributed by atoms with Crippen LogP contribution in [0.4, 0.5) is 0 Å². The van der Waals surface area contributed by atoms with E-state index in [9.17, 15) is 19.3 Å². The lowest BCUT2D eigenvalue weighted by molar-refractivity contribution is -0.144. The maximum absolute atomic E-state index is 14.1. The smallest absolute Gasteiger partial charge is 0.342 e. The summed E-state index contributed by atoms with van der Waals surface area (Å²) in [5, 5.41) is 17.0. The van der Waals surface area contributed by atoms with Crippen molar-refractivity contribution >= 4 is 19.5 Å². The number of ether oxygens (including phenoxy) is 3. The maximum Gasteiger partial charge on any atom is 0.342 e. The third-order valence-corrected chi connectivity index (χ3v) is 9.05. The molecule has 210 valence electrons. The van der Waals surface area contributed by atoms with E-state index in [1.54, 1.807) is 32.9 Å². The highest BCUT2D eigenvalue weighted by atomic mass is 31.2. The molecule has 0 bridgehead atoms. The number of phenols is 1. The summed E-state index contributed by atoms with van der Waals surface area (Å²) in [5.41, 5.74) is 4.83. The molecule has 39 heavy (non-hydrogen) atoms. The predicted octanol–water partition coefficient (Wildman–Crippen LogP) is 4.28. The van der Waals surface area contributed by atoms with E-state index < -0.39 is 25.5 Å². The Morgan fingerprint density at radius 1 is 1.31 bits per heavy atom. The number of aromatic hydroxyl groups is 1. The molecule has 2 aliphatic heterocycles. The molecule has 2 heterocycles. The first-order chi connectivity index (χ1) is 18.6. The lowest BCUT2D eigenvalue weighted by Gasteiger charge is -2.24. The Balaban J connectivity index is 1.60. The quantitative estimate of drug-likeness (QED) is 0.209. The van der Waals surface area contributed by atoms with Gasteiger partial charge < -0.3 is 29.2 Å². The Morgan fingerprint density at radius 2 is 2.05 bits per heavy atom. The molecular formula is C28H35N2O8P. The second kappa shape index (κ2) is 11.8. The number of nitrogens with one attached hydrogen (secondary N) is 2. The van der Waals surface area contributed by atoms with Crippen LogP contribution in [0.25, 0.3) is 0 Å². The van der Waals surface area contributed by atoms with Crippen LogP contribution in [0.1, 0.15) is 58.9 Å². The second-order valence-electron chi connectivity index (χ2n) is 9.73. The molecule has 2 aromatic carbocycles. The number of rotatable bonds is 11. The van der Waals surface area contributed by atoms with Crippen molar-refractivity contribution in [1.29, 1.82) is 0 Å². The summed E-state index contributed by atoms with van der Waals surface area (Å²) in [6.45, 7) is 8.63. The van der Waals surface area contributed by atoms with Gasteiger partial charge in [-0.3, -0.25) is 9.36 Å². The molecule has 2 atom stereocenters. The van der Waals surface area contributed by atoms with Crippen LogP contribution in [0.2, 0.25) is 0 Å². The lowest BCUT2D eigenvalue weighted by atomic mass is 9.95. The molecule has 2 aromatic rings. The minimum atomic E-state index is -3.65. The van der Waals surface area contributed by atoms with Gasteiger partial charge in [0, 0.05) is 24.2 Å². The molecule has 0 aromatic heterocycles. The van der Waals surface area contributed by atoms with E-state index in [0.29, 0.717) is 34.7 Å². The van der Waals surface area contributed by atoms with Crippen LogP contribution in [0.5, 0.6) is 17.2 Å². The minimum Gasteiger partial charge on any atom is -0.507 e. The van der Waals surface area contributed by atoms with Gasteiger partial charge >= 0.3 is 19.5 Å². The van der Waals surface area contributed by atoms with Crippen molar-refractivity contribution in [2.45, 2.75) is 59.9 Å². The summed E-state index contributed by atoms with van der Waals surface area (Å²) < 4.78 is 35.9. The molecule has 0 aliphatic carbocycles. The van der Waals surface area contributed by atoms with E-state index in [1.165, 1.54) is 7.11 Å². The van der Waals surface area contributed by atoms with Crippen molar-refractivity contribution in [2.24, 2.45) is 0 Å². The number of allylic oxidation sites excluding steroid dienone is 2. The predicted molar refractivity (Wildman–Crippen MR) is 145 cm³/mol.